The van der Waals surface area contributed by atoms with Crippen molar-refractivity contribution >= 4 is 0 Å². The van der Waals surface area contributed by atoms with Gasteiger partial charge in [0.15, 0.2) is 0 Å². The quantitative estimate of drug-likeness (QED) is 0.793. The molecule has 2 nitrogen and oxygen atoms in total. The van der Waals surface area contributed by atoms with E-state index in [0.29, 0.717) is 13.0 Å². The lowest BCUT2D eigenvalue weighted by molar-refractivity contribution is 0.174. The molecule has 2 heteroatoms. The third-order valence-electron chi connectivity index (χ3n) is 2.91. The summed E-state index contributed by atoms with van der Waals surface area (Å²) in [7, 11) is 0. The van der Waals surface area contributed by atoms with E-state index in [9.17, 15) is 5.11 Å². The molecule has 0 aliphatic heterocycles. The Labute approximate surface area is 114 Å². The molecule has 98 valence electrons. The monoisotopic (exact) mass is 254 g/mol. The topological polar surface area (TPSA) is 29.5 Å². The predicted molar refractivity (Wildman–Crippen MR) is 77.0 cm³/mol. The fourth-order valence-electron chi connectivity index (χ4n) is 1.91. The summed E-state index contributed by atoms with van der Waals surface area (Å²) in [5.74, 6) is 0.723. The van der Waals surface area contributed by atoms with E-state index in [-0.39, 0.29) is 0 Å². The lowest BCUT2D eigenvalue weighted by Crippen LogP contribution is -2.02. The van der Waals surface area contributed by atoms with Gasteiger partial charge in [-0.3, -0.25) is 0 Å². The molecular formula is C17H18O2. The van der Waals surface area contributed by atoms with Gasteiger partial charge in [0.05, 0.1) is 6.10 Å². The number of aliphatic hydroxyl groups excluding tert-OH is 1. The van der Waals surface area contributed by atoms with Gasteiger partial charge in [0.25, 0.3) is 0 Å². The van der Waals surface area contributed by atoms with Crippen molar-refractivity contribution < 1.29 is 9.84 Å². The summed E-state index contributed by atoms with van der Waals surface area (Å²) in [5, 5.41) is 10.0. The molecule has 0 heterocycles. The number of rotatable bonds is 6. The Kier molecular flexibility index (Phi) is 4.76. The summed E-state index contributed by atoms with van der Waals surface area (Å²) in [5.41, 5.74) is 1.91. The highest BCUT2D eigenvalue weighted by atomic mass is 16.5. The number of aliphatic hydroxyl groups is 1. The van der Waals surface area contributed by atoms with Crippen LogP contribution in [0.3, 0.4) is 0 Å². The maximum Gasteiger partial charge on any atom is 0.125 e. The van der Waals surface area contributed by atoms with Crippen LogP contribution in [0.25, 0.3) is 0 Å². The molecule has 0 saturated heterocycles. The van der Waals surface area contributed by atoms with Crippen LogP contribution in [0.4, 0.5) is 0 Å². The van der Waals surface area contributed by atoms with E-state index >= 15 is 0 Å². The van der Waals surface area contributed by atoms with Crippen LogP contribution in [0.2, 0.25) is 0 Å². The Bertz CT molecular complexity index is 520. The Morgan fingerprint density at radius 2 is 1.74 bits per heavy atom. The summed E-state index contributed by atoms with van der Waals surface area (Å²) in [4.78, 5) is 0. The van der Waals surface area contributed by atoms with Crippen LogP contribution in [0.1, 0.15) is 23.7 Å². The molecule has 0 fully saturated rings. The van der Waals surface area contributed by atoms with Gasteiger partial charge in [-0.15, -0.1) is 6.58 Å². The first-order chi connectivity index (χ1) is 9.31. The van der Waals surface area contributed by atoms with Crippen LogP contribution >= 0.6 is 0 Å². The van der Waals surface area contributed by atoms with Crippen LogP contribution < -0.4 is 4.74 Å². The molecule has 19 heavy (non-hydrogen) atoms. The van der Waals surface area contributed by atoms with Gasteiger partial charge in [-0.2, -0.15) is 0 Å². The maximum atomic E-state index is 10.0. The van der Waals surface area contributed by atoms with Gasteiger partial charge in [-0.05, 0) is 18.1 Å². The molecule has 0 bridgehead atoms. The molecule has 0 radical (unpaired) electrons. The minimum Gasteiger partial charge on any atom is -0.489 e. The van der Waals surface area contributed by atoms with Gasteiger partial charge in [0.1, 0.15) is 12.4 Å². The Morgan fingerprint density at radius 1 is 1.05 bits per heavy atom. The summed E-state index contributed by atoms with van der Waals surface area (Å²) < 4.78 is 5.80. The molecule has 0 saturated carbocycles. The van der Waals surface area contributed by atoms with Crippen molar-refractivity contribution in [3.05, 3.63) is 78.4 Å². The zero-order chi connectivity index (χ0) is 13.5. The van der Waals surface area contributed by atoms with E-state index in [1.54, 1.807) is 6.08 Å². The van der Waals surface area contributed by atoms with Crippen LogP contribution in [0.15, 0.2) is 67.3 Å². The second kappa shape index (κ2) is 6.76. The number of hydrogen-bond donors (Lipinski definition) is 1. The first-order valence-corrected chi connectivity index (χ1v) is 6.36. The van der Waals surface area contributed by atoms with E-state index in [1.807, 2.05) is 54.6 Å². The predicted octanol–water partition coefficient (Wildman–Crippen LogP) is 3.88. The van der Waals surface area contributed by atoms with Crippen LogP contribution in [-0.2, 0) is 6.61 Å². The first-order valence-electron chi connectivity index (χ1n) is 6.36. The van der Waals surface area contributed by atoms with Crippen LogP contribution in [-0.4, -0.2) is 5.11 Å². The first kappa shape index (κ1) is 13.4. The molecule has 0 aromatic heterocycles. The van der Waals surface area contributed by atoms with Gasteiger partial charge < -0.3 is 9.84 Å². The van der Waals surface area contributed by atoms with Gasteiger partial charge in [-0.25, -0.2) is 0 Å². The molecule has 1 atom stereocenters. The minimum absolute atomic E-state index is 0.499. The summed E-state index contributed by atoms with van der Waals surface area (Å²) >= 11 is 0. The molecule has 2 aromatic rings. The highest BCUT2D eigenvalue weighted by molar-refractivity contribution is 5.35. The Hall–Kier alpha value is -2.06. The zero-order valence-corrected chi connectivity index (χ0v) is 10.8. The number of benzene rings is 2. The van der Waals surface area contributed by atoms with Crippen molar-refractivity contribution in [3.63, 3.8) is 0 Å². The van der Waals surface area contributed by atoms with Crippen molar-refractivity contribution in [1.82, 2.24) is 0 Å². The maximum absolute atomic E-state index is 10.0. The minimum atomic E-state index is -0.565. The highest BCUT2D eigenvalue weighted by Gasteiger charge is 2.11. The Balaban J connectivity index is 2.09. The van der Waals surface area contributed by atoms with Crippen molar-refractivity contribution in [2.24, 2.45) is 0 Å². The largest absolute Gasteiger partial charge is 0.489 e. The van der Waals surface area contributed by atoms with Crippen molar-refractivity contribution in [2.45, 2.75) is 19.1 Å². The average molecular weight is 254 g/mol. The fraction of sp³-hybridized carbons (Fsp3) is 0.176. The number of hydrogen-bond acceptors (Lipinski definition) is 2. The van der Waals surface area contributed by atoms with Crippen LogP contribution in [0.5, 0.6) is 5.75 Å². The molecule has 1 N–H and O–H groups in total. The summed E-state index contributed by atoms with van der Waals surface area (Å²) in [6.45, 7) is 4.15. The van der Waals surface area contributed by atoms with Gasteiger partial charge >= 0.3 is 0 Å². The molecule has 0 amide bonds. The second-order valence-corrected chi connectivity index (χ2v) is 4.35. The van der Waals surface area contributed by atoms with Gasteiger partial charge in [-0.1, -0.05) is 54.6 Å². The Morgan fingerprint density at radius 3 is 2.47 bits per heavy atom. The van der Waals surface area contributed by atoms with Crippen molar-refractivity contribution in [2.75, 3.05) is 0 Å². The SMILES string of the molecule is C=CCC(O)c1ccccc1OCc1ccccc1. The van der Waals surface area contributed by atoms with E-state index in [0.717, 1.165) is 16.9 Å². The third kappa shape index (κ3) is 3.70. The summed E-state index contributed by atoms with van der Waals surface area (Å²) in [6.07, 6.45) is 1.66. The molecule has 2 rings (SSSR count). The van der Waals surface area contributed by atoms with Crippen molar-refractivity contribution in [3.8, 4) is 5.75 Å². The van der Waals surface area contributed by atoms with E-state index in [4.69, 9.17) is 4.74 Å². The second-order valence-electron chi connectivity index (χ2n) is 4.35. The fourth-order valence-corrected chi connectivity index (χ4v) is 1.91. The number of ether oxygens (including phenoxy) is 1. The van der Waals surface area contributed by atoms with Gasteiger partial charge in [0.2, 0.25) is 0 Å². The van der Waals surface area contributed by atoms with Crippen LogP contribution in [0, 0.1) is 0 Å². The van der Waals surface area contributed by atoms with E-state index in [1.165, 1.54) is 0 Å². The lowest BCUT2D eigenvalue weighted by Gasteiger charge is -2.15. The van der Waals surface area contributed by atoms with Gasteiger partial charge in [0, 0.05) is 5.56 Å². The molecule has 0 aliphatic carbocycles. The summed E-state index contributed by atoms with van der Waals surface area (Å²) in [6, 6.07) is 17.5. The lowest BCUT2D eigenvalue weighted by atomic mass is 10.1. The third-order valence-corrected chi connectivity index (χ3v) is 2.91. The zero-order valence-electron chi connectivity index (χ0n) is 10.8. The highest BCUT2D eigenvalue weighted by Crippen LogP contribution is 2.27. The normalized spacial score (nSPS) is 11.8. The van der Waals surface area contributed by atoms with E-state index in [2.05, 4.69) is 6.58 Å². The molecule has 0 aliphatic rings. The van der Waals surface area contributed by atoms with Crippen molar-refractivity contribution in [1.29, 1.82) is 0 Å². The molecule has 2 aromatic carbocycles. The standard InChI is InChI=1S/C17H18O2/c1-2-8-16(18)15-11-6-7-12-17(15)19-13-14-9-4-3-5-10-14/h2-7,9-12,16,18H,1,8,13H2. The average Bonchev–Trinajstić information content (AvgIpc) is 2.47. The molecule has 1 unspecified atom stereocenters. The molecular weight excluding hydrogens is 236 g/mol. The molecule has 0 spiro atoms. The smallest absolute Gasteiger partial charge is 0.125 e. The number of para-hydroxylation sites is 1. The van der Waals surface area contributed by atoms with E-state index < -0.39 is 6.10 Å².